The molecule has 0 aromatic carbocycles. The summed E-state index contributed by atoms with van der Waals surface area (Å²) in [4.78, 5) is 13.5. The number of carbonyl (C=O) groups excluding carboxylic acids is 1. The van der Waals surface area contributed by atoms with Crippen LogP contribution < -0.4 is 5.32 Å². The Labute approximate surface area is 74.8 Å². The molecule has 5 heteroatoms. The highest BCUT2D eigenvalue weighted by molar-refractivity contribution is 8.26. The molecule has 0 aliphatic carbocycles. The third-order valence-corrected chi connectivity index (χ3v) is 2.17. The summed E-state index contributed by atoms with van der Waals surface area (Å²) < 4.78 is 0.531. The van der Waals surface area contributed by atoms with Gasteiger partial charge in [-0.05, 0) is 0 Å². The van der Waals surface area contributed by atoms with Crippen molar-refractivity contribution in [2.75, 3.05) is 14.1 Å². The van der Waals surface area contributed by atoms with Crippen molar-refractivity contribution >= 4 is 34.2 Å². The maximum absolute atomic E-state index is 11.0. The Bertz CT molecular complexity index is 235. The summed E-state index contributed by atoms with van der Waals surface area (Å²) in [5.74, 6) is -0.103. The Morgan fingerprint density at radius 3 is 2.64 bits per heavy atom. The van der Waals surface area contributed by atoms with Crippen LogP contribution in [-0.4, -0.2) is 29.2 Å². The number of rotatable bonds is 1. The second-order valence-electron chi connectivity index (χ2n) is 2.30. The normalized spacial score (nSPS) is 20.7. The fourth-order valence-electron chi connectivity index (χ4n) is 0.646. The molecule has 0 atom stereocenters. The van der Waals surface area contributed by atoms with Gasteiger partial charge in [-0.1, -0.05) is 24.0 Å². The molecule has 0 saturated carbocycles. The van der Waals surface area contributed by atoms with Gasteiger partial charge >= 0.3 is 0 Å². The Balaban J connectivity index is 2.75. The molecule has 1 rings (SSSR count). The average molecular weight is 188 g/mol. The predicted molar refractivity (Wildman–Crippen MR) is 50.1 cm³/mol. The predicted octanol–water partition coefficient (Wildman–Crippen LogP) is 0.537. The smallest absolute Gasteiger partial charge is 0.265 e. The lowest BCUT2D eigenvalue weighted by Crippen LogP contribution is -2.18. The molecule has 0 spiro atoms. The fourth-order valence-corrected chi connectivity index (χ4v) is 1.76. The minimum atomic E-state index is -0.103. The summed E-state index contributed by atoms with van der Waals surface area (Å²) in [5, 5.41) is 2.53. The minimum Gasteiger partial charge on any atom is -0.382 e. The summed E-state index contributed by atoms with van der Waals surface area (Å²) in [6.07, 6.45) is 1.75. The van der Waals surface area contributed by atoms with Gasteiger partial charge in [0.1, 0.15) is 4.32 Å². The molecule has 1 heterocycles. The zero-order chi connectivity index (χ0) is 8.43. The Morgan fingerprint density at radius 2 is 2.27 bits per heavy atom. The zero-order valence-corrected chi connectivity index (χ0v) is 7.88. The molecule has 11 heavy (non-hydrogen) atoms. The number of thiocarbonyl (C=S) groups is 1. The van der Waals surface area contributed by atoms with Crippen LogP contribution in [0.5, 0.6) is 0 Å². The maximum Gasteiger partial charge on any atom is 0.265 e. The van der Waals surface area contributed by atoms with Gasteiger partial charge < -0.3 is 10.2 Å². The first-order chi connectivity index (χ1) is 5.09. The first-order valence-corrected chi connectivity index (χ1v) is 4.23. The van der Waals surface area contributed by atoms with Crippen molar-refractivity contribution in [3.8, 4) is 0 Å². The van der Waals surface area contributed by atoms with Crippen LogP contribution in [0.25, 0.3) is 0 Å². The maximum atomic E-state index is 11.0. The summed E-state index contributed by atoms with van der Waals surface area (Å²) in [7, 11) is 3.73. The van der Waals surface area contributed by atoms with Crippen molar-refractivity contribution in [2.45, 2.75) is 0 Å². The number of hydrogen-bond acceptors (Lipinski definition) is 4. The molecule has 1 N–H and O–H groups in total. The molecule has 1 aliphatic heterocycles. The van der Waals surface area contributed by atoms with Gasteiger partial charge in [0.25, 0.3) is 5.91 Å². The molecule has 1 aliphatic rings. The SMILES string of the molecule is CN(C)/C=C1\SC(=S)NC1=O. The van der Waals surface area contributed by atoms with Crippen molar-refractivity contribution in [1.82, 2.24) is 10.2 Å². The molecule has 0 aromatic heterocycles. The molecular formula is C6H8N2OS2. The topological polar surface area (TPSA) is 32.3 Å². The van der Waals surface area contributed by atoms with Gasteiger partial charge in [0.15, 0.2) is 0 Å². The van der Waals surface area contributed by atoms with E-state index in [2.05, 4.69) is 5.32 Å². The lowest BCUT2D eigenvalue weighted by Gasteiger charge is -2.03. The molecule has 60 valence electrons. The lowest BCUT2D eigenvalue weighted by atomic mass is 10.5. The van der Waals surface area contributed by atoms with Gasteiger partial charge in [0.05, 0.1) is 4.91 Å². The van der Waals surface area contributed by atoms with E-state index in [4.69, 9.17) is 12.2 Å². The van der Waals surface area contributed by atoms with Crippen molar-refractivity contribution < 1.29 is 4.79 Å². The van der Waals surface area contributed by atoms with Gasteiger partial charge in [-0.25, -0.2) is 0 Å². The molecule has 0 radical (unpaired) electrons. The molecular weight excluding hydrogens is 180 g/mol. The first kappa shape index (κ1) is 8.55. The number of carbonyl (C=O) groups is 1. The number of nitrogens with one attached hydrogen (secondary N) is 1. The summed E-state index contributed by atoms with van der Waals surface area (Å²) in [6, 6.07) is 0. The van der Waals surface area contributed by atoms with E-state index in [1.165, 1.54) is 11.8 Å². The molecule has 1 fully saturated rings. The average Bonchev–Trinajstić information content (AvgIpc) is 2.09. The van der Waals surface area contributed by atoms with Crippen LogP contribution in [0.3, 0.4) is 0 Å². The Morgan fingerprint density at radius 1 is 1.64 bits per heavy atom. The highest BCUT2D eigenvalue weighted by atomic mass is 32.2. The number of nitrogens with zero attached hydrogens (tertiary/aromatic N) is 1. The van der Waals surface area contributed by atoms with Crippen LogP contribution in [0.15, 0.2) is 11.1 Å². The van der Waals surface area contributed by atoms with E-state index in [9.17, 15) is 4.79 Å². The Hall–Kier alpha value is -0.550. The van der Waals surface area contributed by atoms with Gasteiger partial charge in [0.2, 0.25) is 0 Å². The molecule has 1 amide bonds. The number of hydrogen-bond donors (Lipinski definition) is 1. The second-order valence-corrected chi connectivity index (χ2v) is 4.02. The summed E-state index contributed by atoms with van der Waals surface area (Å²) in [6.45, 7) is 0. The third-order valence-electron chi connectivity index (χ3n) is 1.02. The van der Waals surface area contributed by atoms with Gasteiger partial charge in [0, 0.05) is 20.3 Å². The van der Waals surface area contributed by atoms with Crippen LogP contribution in [0.1, 0.15) is 0 Å². The van der Waals surface area contributed by atoms with Crippen LogP contribution in [0.2, 0.25) is 0 Å². The summed E-state index contributed by atoms with van der Waals surface area (Å²) >= 11 is 6.09. The van der Waals surface area contributed by atoms with Gasteiger partial charge in [-0.2, -0.15) is 0 Å². The highest BCUT2D eigenvalue weighted by Crippen LogP contribution is 2.22. The van der Waals surface area contributed by atoms with E-state index in [1.54, 1.807) is 6.20 Å². The minimum absolute atomic E-state index is 0.103. The molecule has 3 nitrogen and oxygen atoms in total. The van der Waals surface area contributed by atoms with E-state index < -0.39 is 0 Å². The van der Waals surface area contributed by atoms with Crippen LogP contribution >= 0.6 is 24.0 Å². The largest absolute Gasteiger partial charge is 0.382 e. The third kappa shape index (κ3) is 2.20. The van der Waals surface area contributed by atoms with Crippen LogP contribution in [0, 0.1) is 0 Å². The van der Waals surface area contributed by atoms with Crippen LogP contribution in [-0.2, 0) is 4.79 Å². The van der Waals surface area contributed by atoms with Crippen molar-refractivity contribution in [2.24, 2.45) is 0 Å². The monoisotopic (exact) mass is 188 g/mol. The van der Waals surface area contributed by atoms with Crippen molar-refractivity contribution in [1.29, 1.82) is 0 Å². The van der Waals surface area contributed by atoms with Gasteiger partial charge in [-0.15, -0.1) is 0 Å². The van der Waals surface area contributed by atoms with Crippen molar-refractivity contribution in [3.05, 3.63) is 11.1 Å². The lowest BCUT2D eigenvalue weighted by molar-refractivity contribution is -0.115. The van der Waals surface area contributed by atoms with E-state index in [-0.39, 0.29) is 5.91 Å². The van der Waals surface area contributed by atoms with E-state index in [0.29, 0.717) is 9.23 Å². The number of amides is 1. The van der Waals surface area contributed by atoms with Gasteiger partial charge in [-0.3, -0.25) is 4.79 Å². The van der Waals surface area contributed by atoms with E-state index in [1.807, 2.05) is 19.0 Å². The standard InChI is InChI=1S/C6H8N2OS2/c1-8(2)3-4-5(9)7-6(10)11-4/h3H,1-2H3,(H,7,9,10)/b4-3-. The fraction of sp³-hybridized carbons (Fsp3) is 0.333. The molecule has 0 aromatic rings. The quantitative estimate of drug-likeness (QED) is 0.481. The highest BCUT2D eigenvalue weighted by Gasteiger charge is 2.21. The summed E-state index contributed by atoms with van der Waals surface area (Å²) in [5.41, 5.74) is 0. The second kappa shape index (κ2) is 3.23. The number of thioether (sulfide) groups is 1. The Kier molecular flexibility index (Phi) is 2.51. The molecule has 1 saturated heterocycles. The zero-order valence-electron chi connectivity index (χ0n) is 6.25. The molecule has 0 bridgehead atoms. The van der Waals surface area contributed by atoms with E-state index >= 15 is 0 Å². The first-order valence-electron chi connectivity index (χ1n) is 3.01. The van der Waals surface area contributed by atoms with E-state index in [0.717, 1.165) is 0 Å². The van der Waals surface area contributed by atoms with Crippen LogP contribution in [0.4, 0.5) is 0 Å². The van der Waals surface area contributed by atoms with Crippen molar-refractivity contribution in [3.63, 3.8) is 0 Å². The molecule has 0 unspecified atom stereocenters.